The van der Waals surface area contributed by atoms with Crippen molar-refractivity contribution in [1.29, 1.82) is 0 Å². The highest BCUT2D eigenvalue weighted by atomic mass is 16.2. The highest BCUT2D eigenvalue weighted by Crippen LogP contribution is 2.15. The summed E-state index contributed by atoms with van der Waals surface area (Å²) in [5, 5.41) is 2.83. The zero-order valence-electron chi connectivity index (χ0n) is 11.3. The topological polar surface area (TPSA) is 59.3 Å². The van der Waals surface area contributed by atoms with Crippen LogP contribution in [0.25, 0.3) is 5.65 Å². The van der Waals surface area contributed by atoms with Gasteiger partial charge in [0.05, 0.1) is 17.6 Å². The van der Waals surface area contributed by atoms with Crippen molar-refractivity contribution >= 4 is 17.2 Å². The molecule has 1 N–H and O–H groups in total. The van der Waals surface area contributed by atoms with Crippen LogP contribution in [-0.2, 0) is 0 Å². The van der Waals surface area contributed by atoms with Gasteiger partial charge in [0.15, 0.2) is 0 Å². The molecule has 20 heavy (non-hydrogen) atoms. The summed E-state index contributed by atoms with van der Waals surface area (Å²) in [6.45, 7) is 3.82. The number of hydrogen-bond acceptors (Lipinski definition) is 3. The van der Waals surface area contributed by atoms with Crippen molar-refractivity contribution in [3.63, 3.8) is 0 Å². The number of nitrogens with one attached hydrogen (secondary N) is 1. The van der Waals surface area contributed by atoms with Crippen LogP contribution in [0, 0.1) is 13.8 Å². The molecule has 0 bridgehead atoms. The Labute approximate surface area is 116 Å². The van der Waals surface area contributed by atoms with Gasteiger partial charge in [-0.05, 0) is 37.6 Å². The van der Waals surface area contributed by atoms with Crippen LogP contribution in [0.2, 0.25) is 0 Å². The fourth-order valence-electron chi connectivity index (χ4n) is 2.17. The van der Waals surface area contributed by atoms with Gasteiger partial charge < -0.3 is 5.32 Å². The maximum absolute atomic E-state index is 12.4. The Morgan fingerprint density at radius 2 is 2.10 bits per heavy atom. The quantitative estimate of drug-likeness (QED) is 0.775. The van der Waals surface area contributed by atoms with Crippen LogP contribution in [0.3, 0.4) is 0 Å². The summed E-state index contributed by atoms with van der Waals surface area (Å²) < 4.78 is 1.82. The van der Waals surface area contributed by atoms with Crippen molar-refractivity contribution in [2.24, 2.45) is 0 Å². The van der Waals surface area contributed by atoms with Gasteiger partial charge in [0.1, 0.15) is 11.3 Å². The van der Waals surface area contributed by atoms with E-state index in [1.54, 1.807) is 24.5 Å². The molecule has 5 heteroatoms. The minimum absolute atomic E-state index is 0.186. The lowest BCUT2D eigenvalue weighted by atomic mass is 10.3. The van der Waals surface area contributed by atoms with Crippen LogP contribution in [0.15, 0.2) is 42.9 Å². The number of carbonyl (C=O) groups is 1. The lowest BCUT2D eigenvalue weighted by Crippen LogP contribution is -2.15. The summed E-state index contributed by atoms with van der Waals surface area (Å²) in [6.07, 6.45) is 5.19. The summed E-state index contributed by atoms with van der Waals surface area (Å²) in [6, 6.07) is 7.46. The number of aryl methyl sites for hydroxylation is 2. The average molecular weight is 266 g/mol. The van der Waals surface area contributed by atoms with Crippen molar-refractivity contribution in [3.05, 3.63) is 59.8 Å². The molecular formula is C15H14N4O. The van der Waals surface area contributed by atoms with E-state index in [1.807, 2.05) is 36.6 Å². The van der Waals surface area contributed by atoms with Gasteiger partial charge in [-0.15, -0.1) is 0 Å². The third kappa shape index (κ3) is 2.14. The van der Waals surface area contributed by atoms with E-state index < -0.39 is 0 Å². The van der Waals surface area contributed by atoms with Crippen molar-refractivity contribution < 1.29 is 4.79 Å². The van der Waals surface area contributed by atoms with Crippen molar-refractivity contribution in [2.45, 2.75) is 13.8 Å². The average Bonchev–Trinajstić information content (AvgIpc) is 2.75. The van der Waals surface area contributed by atoms with E-state index in [1.165, 1.54) is 0 Å². The fourth-order valence-corrected chi connectivity index (χ4v) is 2.17. The highest BCUT2D eigenvalue weighted by molar-refractivity contribution is 6.04. The molecule has 3 aromatic heterocycles. The molecule has 3 rings (SSSR count). The molecule has 0 spiro atoms. The Balaban J connectivity index is 2.03. The minimum Gasteiger partial charge on any atom is -0.319 e. The Hall–Kier alpha value is -2.69. The number of fused-ring (bicyclic) bond motifs is 1. The Kier molecular flexibility index (Phi) is 2.95. The second-order valence-corrected chi connectivity index (χ2v) is 4.68. The number of hydrogen-bond donors (Lipinski definition) is 1. The second kappa shape index (κ2) is 4.77. The largest absolute Gasteiger partial charge is 0.319 e. The van der Waals surface area contributed by atoms with E-state index in [9.17, 15) is 4.79 Å². The Bertz CT molecular complexity index is 777. The Morgan fingerprint density at radius 3 is 2.85 bits per heavy atom. The van der Waals surface area contributed by atoms with E-state index in [2.05, 4.69) is 15.3 Å². The third-order valence-corrected chi connectivity index (χ3v) is 3.08. The lowest BCUT2D eigenvalue weighted by molar-refractivity contribution is 0.102. The molecule has 5 nitrogen and oxygen atoms in total. The van der Waals surface area contributed by atoms with Crippen molar-refractivity contribution in [1.82, 2.24) is 14.4 Å². The first-order valence-electron chi connectivity index (χ1n) is 6.32. The number of rotatable bonds is 2. The normalized spacial score (nSPS) is 10.7. The molecule has 0 saturated heterocycles. The van der Waals surface area contributed by atoms with E-state index in [-0.39, 0.29) is 5.91 Å². The molecule has 0 radical (unpaired) electrons. The van der Waals surface area contributed by atoms with Crippen LogP contribution in [0.4, 0.5) is 5.69 Å². The molecule has 0 aliphatic carbocycles. The zero-order chi connectivity index (χ0) is 14.1. The molecule has 0 unspecified atom stereocenters. The molecule has 100 valence electrons. The number of carbonyl (C=O) groups excluding carboxylic acids is 1. The van der Waals surface area contributed by atoms with Crippen LogP contribution < -0.4 is 5.32 Å². The number of nitrogens with zero attached hydrogens (tertiary/aromatic N) is 3. The number of imidazole rings is 1. The smallest absolute Gasteiger partial charge is 0.274 e. The lowest BCUT2D eigenvalue weighted by Gasteiger charge is -2.06. The molecule has 0 aromatic carbocycles. The molecule has 3 aromatic rings. The Morgan fingerprint density at radius 1 is 1.25 bits per heavy atom. The maximum atomic E-state index is 12.4. The first-order chi connectivity index (χ1) is 9.65. The van der Waals surface area contributed by atoms with Crippen LogP contribution in [-0.4, -0.2) is 20.3 Å². The summed E-state index contributed by atoms with van der Waals surface area (Å²) in [4.78, 5) is 20.8. The van der Waals surface area contributed by atoms with Gasteiger partial charge in [-0.3, -0.25) is 14.2 Å². The summed E-state index contributed by atoms with van der Waals surface area (Å²) >= 11 is 0. The van der Waals surface area contributed by atoms with Gasteiger partial charge in [-0.25, -0.2) is 4.98 Å². The summed E-state index contributed by atoms with van der Waals surface area (Å²) in [5.41, 5.74) is 3.76. The molecular weight excluding hydrogens is 252 g/mol. The molecule has 0 fully saturated rings. The standard InChI is InChI=1S/C15H14N4O/c1-10-5-6-13-17-11(2)14(19(13)9-10)15(20)18-12-4-3-7-16-8-12/h3-9H,1-2H3,(H,18,20). The first kappa shape index (κ1) is 12.3. The molecule has 3 heterocycles. The predicted octanol–water partition coefficient (Wildman–Crippen LogP) is 2.60. The second-order valence-electron chi connectivity index (χ2n) is 4.68. The number of pyridine rings is 2. The van der Waals surface area contributed by atoms with Gasteiger partial charge in [0.2, 0.25) is 0 Å². The van der Waals surface area contributed by atoms with Gasteiger partial charge in [0, 0.05) is 12.4 Å². The van der Waals surface area contributed by atoms with E-state index in [4.69, 9.17) is 0 Å². The zero-order valence-corrected chi connectivity index (χ0v) is 11.3. The van der Waals surface area contributed by atoms with Gasteiger partial charge in [-0.1, -0.05) is 6.07 Å². The maximum Gasteiger partial charge on any atom is 0.274 e. The number of aromatic nitrogens is 3. The van der Waals surface area contributed by atoms with Gasteiger partial charge >= 0.3 is 0 Å². The minimum atomic E-state index is -0.186. The van der Waals surface area contributed by atoms with E-state index in [0.29, 0.717) is 17.1 Å². The van der Waals surface area contributed by atoms with E-state index >= 15 is 0 Å². The first-order valence-corrected chi connectivity index (χ1v) is 6.32. The SMILES string of the molecule is Cc1ccc2nc(C)c(C(=O)Nc3cccnc3)n2c1. The predicted molar refractivity (Wildman–Crippen MR) is 76.9 cm³/mol. The summed E-state index contributed by atoms with van der Waals surface area (Å²) in [5.74, 6) is -0.186. The van der Waals surface area contributed by atoms with E-state index in [0.717, 1.165) is 11.2 Å². The van der Waals surface area contributed by atoms with Crippen LogP contribution >= 0.6 is 0 Å². The third-order valence-electron chi connectivity index (χ3n) is 3.08. The highest BCUT2D eigenvalue weighted by Gasteiger charge is 2.16. The van der Waals surface area contributed by atoms with Crippen molar-refractivity contribution in [3.8, 4) is 0 Å². The molecule has 0 saturated carbocycles. The summed E-state index contributed by atoms with van der Waals surface area (Å²) in [7, 11) is 0. The number of anilines is 1. The molecule has 0 aliphatic rings. The fraction of sp³-hybridized carbons (Fsp3) is 0.133. The number of amides is 1. The van der Waals surface area contributed by atoms with Gasteiger partial charge in [-0.2, -0.15) is 0 Å². The van der Waals surface area contributed by atoms with Crippen molar-refractivity contribution in [2.75, 3.05) is 5.32 Å². The van der Waals surface area contributed by atoms with Crippen LogP contribution in [0.1, 0.15) is 21.7 Å². The van der Waals surface area contributed by atoms with Gasteiger partial charge in [0.25, 0.3) is 5.91 Å². The monoisotopic (exact) mass is 266 g/mol. The molecule has 0 atom stereocenters. The molecule has 0 aliphatic heterocycles. The van der Waals surface area contributed by atoms with Crippen LogP contribution in [0.5, 0.6) is 0 Å². The molecule has 1 amide bonds.